The molecule has 0 aromatic carbocycles. The van der Waals surface area contributed by atoms with Crippen LogP contribution in [0.3, 0.4) is 0 Å². The summed E-state index contributed by atoms with van der Waals surface area (Å²) in [6.07, 6.45) is 4.90. The van der Waals surface area contributed by atoms with E-state index in [4.69, 9.17) is 0 Å². The summed E-state index contributed by atoms with van der Waals surface area (Å²) in [6.45, 7) is 6.13. The van der Waals surface area contributed by atoms with Gasteiger partial charge in [0, 0.05) is 12.5 Å². The zero-order valence-corrected chi connectivity index (χ0v) is 7.73. The Hall–Kier alpha value is -0.790. The largest absolute Gasteiger partial charge is 0.353 e. The van der Waals surface area contributed by atoms with Crippen LogP contribution in [-0.4, -0.2) is 11.9 Å². The Morgan fingerprint density at radius 3 is 3.00 bits per heavy atom. The van der Waals surface area contributed by atoms with Crippen molar-refractivity contribution < 1.29 is 4.79 Å². The Labute approximate surface area is 74.0 Å². The molecule has 1 aliphatic rings. The Morgan fingerprint density at radius 1 is 1.75 bits per heavy atom. The predicted molar refractivity (Wildman–Crippen MR) is 49.8 cm³/mol. The lowest BCUT2D eigenvalue weighted by atomic mass is 10.0. The average molecular weight is 167 g/mol. The molecule has 1 N–H and O–H groups in total. The summed E-state index contributed by atoms with van der Waals surface area (Å²) in [5.41, 5.74) is 1.27. The van der Waals surface area contributed by atoms with Gasteiger partial charge < -0.3 is 5.32 Å². The molecule has 1 aliphatic heterocycles. The molecule has 0 saturated carbocycles. The van der Waals surface area contributed by atoms with Crippen molar-refractivity contribution in [2.45, 2.75) is 45.1 Å². The van der Waals surface area contributed by atoms with Gasteiger partial charge in [0.15, 0.2) is 0 Å². The highest BCUT2D eigenvalue weighted by molar-refractivity contribution is 5.78. The summed E-state index contributed by atoms with van der Waals surface area (Å²) in [4.78, 5) is 10.9. The first kappa shape index (κ1) is 9.30. The van der Waals surface area contributed by atoms with Gasteiger partial charge in [-0.2, -0.15) is 0 Å². The van der Waals surface area contributed by atoms with Gasteiger partial charge in [-0.1, -0.05) is 25.5 Å². The van der Waals surface area contributed by atoms with Gasteiger partial charge >= 0.3 is 0 Å². The van der Waals surface area contributed by atoms with Crippen molar-refractivity contribution in [3.8, 4) is 0 Å². The van der Waals surface area contributed by atoms with E-state index in [1.165, 1.54) is 5.57 Å². The maximum Gasteiger partial charge on any atom is 0.220 e. The second-order valence-electron chi connectivity index (χ2n) is 3.51. The highest BCUT2D eigenvalue weighted by atomic mass is 16.1. The minimum absolute atomic E-state index is 0.198. The maximum atomic E-state index is 10.9. The van der Waals surface area contributed by atoms with Gasteiger partial charge in [0.25, 0.3) is 0 Å². The molecule has 1 heterocycles. The molecule has 0 bridgehead atoms. The summed E-state index contributed by atoms with van der Waals surface area (Å²) < 4.78 is 0. The minimum atomic E-state index is 0.198. The number of hydrogen-bond donors (Lipinski definition) is 1. The van der Waals surface area contributed by atoms with E-state index in [1.54, 1.807) is 0 Å². The number of amides is 1. The topological polar surface area (TPSA) is 29.1 Å². The zero-order valence-electron chi connectivity index (χ0n) is 7.73. The number of carbonyl (C=O) groups excluding carboxylic acids is 1. The first-order valence-corrected chi connectivity index (χ1v) is 4.68. The second-order valence-corrected chi connectivity index (χ2v) is 3.51. The zero-order chi connectivity index (χ0) is 8.97. The summed E-state index contributed by atoms with van der Waals surface area (Å²) in [6, 6.07) is 0.372. The molecule has 1 atom stereocenters. The molecule has 1 fully saturated rings. The fourth-order valence-corrected chi connectivity index (χ4v) is 1.63. The van der Waals surface area contributed by atoms with Crippen molar-refractivity contribution in [2.75, 3.05) is 0 Å². The number of hydrogen-bond acceptors (Lipinski definition) is 1. The number of nitrogens with one attached hydrogen (secondary N) is 1. The van der Waals surface area contributed by atoms with Crippen molar-refractivity contribution in [2.24, 2.45) is 0 Å². The van der Waals surface area contributed by atoms with Crippen LogP contribution in [0.4, 0.5) is 0 Å². The van der Waals surface area contributed by atoms with E-state index >= 15 is 0 Å². The summed E-state index contributed by atoms with van der Waals surface area (Å²) in [5, 5.41) is 2.94. The molecule has 0 aromatic heterocycles. The normalized spacial score (nSPS) is 22.4. The highest BCUT2D eigenvalue weighted by Gasteiger charge is 2.20. The lowest BCUT2D eigenvalue weighted by Gasteiger charge is -2.10. The summed E-state index contributed by atoms with van der Waals surface area (Å²) in [7, 11) is 0. The smallest absolute Gasteiger partial charge is 0.220 e. The van der Waals surface area contributed by atoms with Crippen LogP contribution in [0.2, 0.25) is 0 Å². The monoisotopic (exact) mass is 167 g/mol. The summed E-state index contributed by atoms with van der Waals surface area (Å²) >= 11 is 0. The molecule has 2 heteroatoms. The Bertz CT molecular complexity index is 186. The van der Waals surface area contributed by atoms with Crippen molar-refractivity contribution in [3.05, 3.63) is 12.2 Å². The van der Waals surface area contributed by atoms with Gasteiger partial charge in [0.05, 0.1) is 0 Å². The van der Waals surface area contributed by atoms with E-state index in [2.05, 4.69) is 18.8 Å². The lowest BCUT2D eigenvalue weighted by molar-refractivity contribution is -0.119. The number of carbonyl (C=O) groups is 1. The summed E-state index contributed by atoms with van der Waals surface area (Å²) in [5.74, 6) is 0.198. The Morgan fingerprint density at radius 2 is 2.50 bits per heavy atom. The molecule has 0 aromatic rings. The van der Waals surface area contributed by atoms with Crippen LogP contribution < -0.4 is 5.32 Å². The molecule has 0 spiro atoms. The fourth-order valence-electron chi connectivity index (χ4n) is 1.63. The predicted octanol–water partition coefficient (Wildman–Crippen LogP) is 2.01. The third kappa shape index (κ3) is 2.68. The maximum absolute atomic E-state index is 10.9. The van der Waals surface area contributed by atoms with E-state index < -0.39 is 0 Å². The molecule has 0 aliphatic carbocycles. The fraction of sp³-hybridized carbons (Fsp3) is 0.700. The molecule has 1 rings (SSSR count). The quantitative estimate of drug-likeness (QED) is 0.638. The van der Waals surface area contributed by atoms with Crippen molar-refractivity contribution in [3.63, 3.8) is 0 Å². The molecule has 0 radical (unpaired) electrons. The van der Waals surface area contributed by atoms with Crippen molar-refractivity contribution in [1.29, 1.82) is 0 Å². The van der Waals surface area contributed by atoms with Crippen LogP contribution in [0.15, 0.2) is 12.2 Å². The van der Waals surface area contributed by atoms with E-state index in [-0.39, 0.29) is 5.91 Å². The van der Waals surface area contributed by atoms with Gasteiger partial charge in [0.1, 0.15) is 0 Å². The first-order chi connectivity index (χ1) is 5.72. The highest BCUT2D eigenvalue weighted by Crippen LogP contribution is 2.16. The first-order valence-electron chi connectivity index (χ1n) is 4.68. The van der Waals surface area contributed by atoms with E-state index in [0.29, 0.717) is 12.5 Å². The van der Waals surface area contributed by atoms with Crippen LogP contribution in [0.5, 0.6) is 0 Å². The molecular formula is C10H17NO. The Balaban J connectivity index is 2.23. The standard InChI is InChI=1S/C10H17NO/c1-3-4-8(2)7-9-5-6-10(12)11-9/h9H,2-7H2,1H3,(H,11,12). The van der Waals surface area contributed by atoms with Crippen LogP contribution in [0.25, 0.3) is 0 Å². The van der Waals surface area contributed by atoms with Gasteiger partial charge in [0.2, 0.25) is 5.91 Å². The molecule has 1 unspecified atom stereocenters. The van der Waals surface area contributed by atoms with Crippen LogP contribution in [-0.2, 0) is 4.79 Å². The van der Waals surface area contributed by atoms with Crippen LogP contribution in [0, 0.1) is 0 Å². The van der Waals surface area contributed by atoms with Gasteiger partial charge in [-0.15, -0.1) is 0 Å². The van der Waals surface area contributed by atoms with E-state index in [0.717, 1.165) is 25.7 Å². The molecule has 1 amide bonds. The second kappa shape index (κ2) is 4.29. The van der Waals surface area contributed by atoms with E-state index in [9.17, 15) is 4.79 Å². The average Bonchev–Trinajstić information content (AvgIpc) is 2.36. The third-order valence-corrected chi connectivity index (χ3v) is 2.22. The molecule has 68 valence electrons. The minimum Gasteiger partial charge on any atom is -0.353 e. The third-order valence-electron chi connectivity index (χ3n) is 2.22. The van der Waals surface area contributed by atoms with Gasteiger partial charge in [-0.05, 0) is 19.3 Å². The van der Waals surface area contributed by atoms with Crippen LogP contribution >= 0.6 is 0 Å². The van der Waals surface area contributed by atoms with Gasteiger partial charge in [-0.25, -0.2) is 0 Å². The van der Waals surface area contributed by atoms with E-state index in [1.807, 2.05) is 0 Å². The molecule has 12 heavy (non-hydrogen) atoms. The lowest BCUT2D eigenvalue weighted by Crippen LogP contribution is -2.25. The Kier molecular flexibility index (Phi) is 3.32. The molecular weight excluding hydrogens is 150 g/mol. The number of rotatable bonds is 4. The van der Waals surface area contributed by atoms with Crippen molar-refractivity contribution >= 4 is 5.91 Å². The van der Waals surface area contributed by atoms with Crippen molar-refractivity contribution in [1.82, 2.24) is 5.32 Å². The molecule has 1 saturated heterocycles. The van der Waals surface area contributed by atoms with Crippen LogP contribution in [0.1, 0.15) is 39.0 Å². The molecule has 2 nitrogen and oxygen atoms in total. The van der Waals surface area contributed by atoms with Gasteiger partial charge in [-0.3, -0.25) is 4.79 Å². The SMILES string of the molecule is C=C(CCC)CC1CCC(=O)N1.